The average Bonchev–Trinajstić information content (AvgIpc) is 2.49. The van der Waals surface area contributed by atoms with E-state index in [9.17, 15) is 13.2 Å². The summed E-state index contributed by atoms with van der Waals surface area (Å²) in [5, 5.41) is 2.56. The molecule has 2 rings (SSSR count). The first-order valence-electron chi connectivity index (χ1n) is 7.01. The van der Waals surface area contributed by atoms with Gasteiger partial charge in [-0.1, -0.05) is 42.0 Å². The molecule has 0 radical (unpaired) electrons. The van der Waals surface area contributed by atoms with Crippen LogP contribution in [0.15, 0.2) is 66.1 Å². The van der Waals surface area contributed by atoms with E-state index in [1.807, 2.05) is 23.8 Å². The Morgan fingerprint density at radius 1 is 1.13 bits per heavy atom. The van der Waals surface area contributed by atoms with Gasteiger partial charge in [-0.25, -0.2) is 17.9 Å². The predicted molar refractivity (Wildman–Crippen MR) is 90.9 cm³/mol. The molecule has 6 heteroatoms. The number of hydrogen-bond donors (Lipinski definition) is 2. The van der Waals surface area contributed by atoms with Crippen molar-refractivity contribution in [1.82, 2.24) is 4.72 Å². The van der Waals surface area contributed by atoms with Crippen LogP contribution in [-0.2, 0) is 16.4 Å². The molecular formula is C17H18N2O3S. The second-order valence-corrected chi connectivity index (χ2v) is 6.71. The Bertz CT molecular complexity index is 812. The van der Waals surface area contributed by atoms with E-state index in [2.05, 4.69) is 11.9 Å². The van der Waals surface area contributed by atoms with Crippen LogP contribution in [0.5, 0.6) is 0 Å². The van der Waals surface area contributed by atoms with E-state index in [1.54, 1.807) is 30.3 Å². The first-order chi connectivity index (χ1) is 10.9. The van der Waals surface area contributed by atoms with E-state index in [-0.39, 0.29) is 4.90 Å². The third-order valence-corrected chi connectivity index (χ3v) is 4.54. The minimum Gasteiger partial charge on any atom is -0.307 e. The fourth-order valence-corrected chi connectivity index (χ4v) is 2.93. The molecule has 2 amide bonds. The summed E-state index contributed by atoms with van der Waals surface area (Å²) in [7, 11) is -3.90. The average molecular weight is 330 g/mol. The Hall–Kier alpha value is -2.60. The summed E-state index contributed by atoms with van der Waals surface area (Å²) >= 11 is 0. The molecule has 5 nitrogen and oxygen atoms in total. The number of hydrogen-bond acceptors (Lipinski definition) is 3. The van der Waals surface area contributed by atoms with Crippen molar-refractivity contribution in [3.8, 4) is 0 Å². The molecule has 0 unspecified atom stereocenters. The van der Waals surface area contributed by atoms with Gasteiger partial charge in [0.2, 0.25) is 0 Å². The largest absolute Gasteiger partial charge is 0.333 e. The molecule has 2 aromatic carbocycles. The molecule has 0 spiro atoms. The van der Waals surface area contributed by atoms with E-state index in [0.717, 1.165) is 11.1 Å². The van der Waals surface area contributed by atoms with E-state index < -0.39 is 16.1 Å². The summed E-state index contributed by atoms with van der Waals surface area (Å²) in [4.78, 5) is 12.0. The topological polar surface area (TPSA) is 75.3 Å². The zero-order chi connectivity index (χ0) is 16.9. The fraction of sp³-hybridized carbons (Fsp3) is 0.118. The van der Waals surface area contributed by atoms with Gasteiger partial charge in [0.25, 0.3) is 10.0 Å². The van der Waals surface area contributed by atoms with Crippen molar-refractivity contribution in [2.24, 2.45) is 0 Å². The van der Waals surface area contributed by atoms with Gasteiger partial charge in [0, 0.05) is 5.69 Å². The van der Waals surface area contributed by atoms with Crippen molar-refractivity contribution >= 4 is 21.7 Å². The normalized spacial score (nSPS) is 10.8. The molecule has 23 heavy (non-hydrogen) atoms. The Kier molecular flexibility index (Phi) is 5.18. The third-order valence-electron chi connectivity index (χ3n) is 3.19. The minimum absolute atomic E-state index is 0.0395. The smallest absolute Gasteiger partial charge is 0.307 e. The van der Waals surface area contributed by atoms with Gasteiger partial charge in [-0.15, -0.1) is 6.58 Å². The highest BCUT2D eigenvalue weighted by atomic mass is 32.2. The SMILES string of the molecule is C=CCc1ccccc1NC(=O)NS(=O)(=O)c1ccc(C)cc1. The molecule has 2 aromatic rings. The quantitative estimate of drug-likeness (QED) is 0.827. The number of allylic oxidation sites excluding steroid dienone is 1. The predicted octanol–water partition coefficient (Wildman–Crippen LogP) is 3.23. The second kappa shape index (κ2) is 7.11. The zero-order valence-electron chi connectivity index (χ0n) is 12.7. The molecule has 0 aliphatic heterocycles. The number of aryl methyl sites for hydroxylation is 1. The van der Waals surface area contributed by atoms with Crippen molar-refractivity contribution in [3.05, 3.63) is 72.3 Å². The highest BCUT2D eigenvalue weighted by Gasteiger charge is 2.17. The maximum Gasteiger partial charge on any atom is 0.333 e. The van der Waals surface area contributed by atoms with Crippen molar-refractivity contribution in [2.45, 2.75) is 18.2 Å². The van der Waals surface area contributed by atoms with Gasteiger partial charge >= 0.3 is 6.03 Å². The molecule has 0 fully saturated rings. The van der Waals surface area contributed by atoms with E-state index in [4.69, 9.17) is 0 Å². The van der Waals surface area contributed by atoms with Crippen LogP contribution in [0.3, 0.4) is 0 Å². The van der Waals surface area contributed by atoms with Crippen molar-refractivity contribution < 1.29 is 13.2 Å². The molecule has 0 bridgehead atoms. The summed E-state index contributed by atoms with van der Waals surface area (Å²) in [5.41, 5.74) is 2.33. The molecule has 120 valence electrons. The van der Waals surface area contributed by atoms with Gasteiger partial charge in [-0.3, -0.25) is 0 Å². The number of sulfonamides is 1. The van der Waals surface area contributed by atoms with Gasteiger partial charge < -0.3 is 5.32 Å². The number of amides is 2. The van der Waals surface area contributed by atoms with Gasteiger partial charge in [-0.2, -0.15) is 0 Å². The van der Waals surface area contributed by atoms with E-state index in [0.29, 0.717) is 12.1 Å². The van der Waals surface area contributed by atoms with Crippen LogP contribution in [0.1, 0.15) is 11.1 Å². The van der Waals surface area contributed by atoms with Crippen LogP contribution in [0.4, 0.5) is 10.5 Å². The first kappa shape index (κ1) is 16.8. The maximum atomic E-state index is 12.2. The first-order valence-corrected chi connectivity index (χ1v) is 8.50. The summed E-state index contributed by atoms with van der Waals surface area (Å²) in [6.07, 6.45) is 2.28. The zero-order valence-corrected chi connectivity index (χ0v) is 13.6. The third kappa shape index (κ3) is 4.43. The molecule has 0 saturated carbocycles. The van der Waals surface area contributed by atoms with Gasteiger partial charge in [0.1, 0.15) is 0 Å². The highest BCUT2D eigenvalue weighted by molar-refractivity contribution is 7.90. The van der Waals surface area contributed by atoms with E-state index >= 15 is 0 Å². The van der Waals surface area contributed by atoms with Crippen LogP contribution in [0.25, 0.3) is 0 Å². The Labute approximate surface area is 136 Å². The number of para-hydroxylation sites is 1. The molecule has 0 saturated heterocycles. The van der Waals surface area contributed by atoms with Crippen LogP contribution in [-0.4, -0.2) is 14.4 Å². The molecule has 2 N–H and O–H groups in total. The minimum atomic E-state index is -3.90. The summed E-state index contributed by atoms with van der Waals surface area (Å²) in [6, 6.07) is 12.6. The van der Waals surface area contributed by atoms with Gasteiger partial charge in [0.05, 0.1) is 4.90 Å². The molecule has 0 aromatic heterocycles. The number of anilines is 1. The van der Waals surface area contributed by atoms with Crippen molar-refractivity contribution in [3.63, 3.8) is 0 Å². The van der Waals surface area contributed by atoms with Crippen LogP contribution in [0.2, 0.25) is 0 Å². The summed E-state index contributed by atoms with van der Waals surface area (Å²) in [5.74, 6) is 0. The molecule has 0 atom stereocenters. The Morgan fingerprint density at radius 2 is 1.78 bits per heavy atom. The van der Waals surface area contributed by atoms with Gasteiger partial charge in [-0.05, 0) is 37.1 Å². The van der Waals surface area contributed by atoms with Crippen LogP contribution in [0, 0.1) is 6.92 Å². The van der Waals surface area contributed by atoms with Crippen molar-refractivity contribution in [2.75, 3.05) is 5.32 Å². The number of nitrogens with one attached hydrogen (secondary N) is 2. The van der Waals surface area contributed by atoms with Crippen LogP contribution >= 0.6 is 0 Å². The number of carbonyl (C=O) groups excluding carboxylic acids is 1. The lowest BCUT2D eigenvalue weighted by atomic mass is 10.1. The Balaban J connectivity index is 2.13. The number of benzene rings is 2. The van der Waals surface area contributed by atoms with E-state index in [1.165, 1.54) is 12.1 Å². The fourth-order valence-electron chi connectivity index (χ4n) is 2.02. The molecule has 0 heterocycles. The van der Waals surface area contributed by atoms with Crippen molar-refractivity contribution in [1.29, 1.82) is 0 Å². The number of rotatable bonds is 5. The lowest BCUT2D eigenvalue weighted by Gasteiger charge is -2.11. The molecule has 0 aliphatic rings. The van der Waals surface area contributed by atoms with Gasteiger partial charge in [0.15, 0.2) is 0 Å². The maximum absolute atomic E-state index is 12.2. The lowest BCUT2D eigenvalue weighted by Crippen LogP contribution is -2.34. The highest BCUT2D eigenvalue weighted by Crippen LogP contribution is 2.16. The Morgan fingerprint density at radius 3 is 2.43 bits per heavy atom. The second-order valence-electron chi connectivity index (χ2n) is 5.02. The molecular weight excluding hydrogens is 312 g/mol. The molecule has 0 aliphatic carbocycles. The summed E-state index contributed by atoms with van der Waals surface area (Å²) in [6.45, 7) is 5.51. The standard InChI is InChI=1S/C17H18N2O3S/c1-3-6-14-7-4-5-8-16(14)18-17(20)19-23(21,22)15-11-9-13(2)10-12-15/h3-5,7-12H,1,6H2,2H3,(H2,18,19,20). The number of urea groups is 1. The van der Waals surface area contributed by atoms with Crippen LogP contribution < -0.4 is 10.0 Å². The lowest BCUT2D eigenvalue weighted by molar-refractivity contribution is 0.256. The summed E-state index contributed by atoms with van der Waals surface area (Å²) < 4.78 is 26.3. The number of carbonyl (C=O) groups is 1. The monoisotopic (exact) mass is 330 g/mol.